The fraction of sp³-hybridized carbons (Fsp3) is 0.217. The summed E-state index contributed by atoms with van der Waals surface area (Å²) in [7, 11) is 0. The van der Waals surface area contributed by atoms with Gasteiger partial charge in [-0.25, -0.2) is 0 Å². The number of pyridine rings is 1. The first-order valence-corrected chi connectivity index (χ1v) is 9.33. The fourth-order valence-corrected chi connectivity index (χ4v) is 2.99. The Hall–Kier alpha value is -2.69. The van der Waals surface area contributed by atoms with Crippen molar-refractivity contribution < 1.29 is 14.6 Å². The number of ether oxygens (including phenoxy) is 1. The number of benzene rings is 2. The van der Waals surface area contributed by atoms with Crippen LogP contribution in [0.2, 0.25) is 5.02 Å². The molecule has 0 aliphatic carbocycles. The Morgan fingerprint density at radius 2 is 1.71 bits per heavy atom. The molecule has 0 aliphatic rings. The number of aliphatic hydroxyl groups excluding tert-OH is 1. The number of aromatic nitrogens is 1. The number of Topliss-reactive ketones (excluding diaryl/α,β-unsaturated/α-hetero) is 1. The summed E-state index contributed by atoms with van der Waals surface area (Å²) in [5.74, 6) is 1.13. The zero-order valence-electron chi connectivity index (χ0n) is 16.0. The minimum Gasteiger partial charge on any atom is -0.457 e. The van der Waals surface area contributed by atoms with Crippen LogP contribution < -0.4 is 4.74 Å². The highest BCUT2D eigenvalue weighted by molar-refractivity contribution is 6.34. The summed E-state index contributed by atoms with van der Waals surface area (Å²) in [6, 6.07) is 15.8. The smallest absolute Gasteiger partial charge is 0.169 e. The van der Waals surface area contributed by atoms with E-state index < -0.39 is 11.5 Å². The van der Waals surface area contributed by atoms with Gasteiger partial charge in [-0.3, -0.25) is 9.78 Å². The summed E-state index contributed by atoms with van der Waals surface area (Å²) >= 11 is 6.29. The molecule has 3 aromatic rings. The van der Waals surface area contributed by atoms with Crippen LogP contribution >= 0.6 is 11.6 Å². The third-order valence-electron chi connectivity index (χ3n) is 4.30. The predicted molar refractivity (Wildman–Crippen MR) is 110 cm³/mol. The average Bonchev–Trinajstić information content (AvgIpc) is 2.68. The molecule has 0 aliphatic heterocycles. The minimum atomic E-state index is -0.750. The lowest BCUT2D eigenvalue weighted by Gasteiger charge is -2.18. The summed E-state index contributed by atoms with van der Waals surface area (Å²) in [6.07, 6.45) is 2.55. The van der Waals surface area contributed by atoms with Crippen LogP contribution in [0.5, 0.6) is 11.5 Å². The van der Waals surface area contributed by atoms with Gasteiger partial charge in [0.2, 0.25) is 0 Å². The number of carbonyl (C=O) groups is 1. The van der Waals surface area contributed by atoms with Crippen LogP contribution in [0.25, 0.3) is 0 Å². The first-order valence-electron chi connectivity index (χ1n) is 8.96. The van der Waals surface area contributed by atoms with Gasteiger partial charge in [0.05, 0.1) is 5.02 Å². The molecule has 0 radical (unpaired) electrons. The quantitative estimate of drug-likeness (QED) is 0.551. The molecule has 0 saturated carbocycles. The summed E-state index contributed by atoms with van der Waals surface area (Å²) in [5, 5.41) is 10.8. The third kappa shape index (κ3) is 4.58. The van der Waals surface area contributed by atoms with Crippen molar-refractivity contribution in [1.82, 2.24) is 4.98 Å². The largest absolute Gasteiger partial charge is 0.457 e. The normalized spacial score (nSPS) is 12.5. The molecular weight excluding hydrogens is 374 g/mol. The van der Waals surface area contributed by atoms with E-state index in [-0.39, 0.29) is 5.78 Å². The minimum absolute atomic E-state index is 0.0159. The molecule has 1 unspecified atom stereocenters. The molecule has 2 aromatic carbocycles. The van der Waals surface area contributed by atoms with E-state index in [0.29, 0.717) is 22.1 Å². The van der Waals surface area contributed by atoms with Gasteiger partial charge in [0.15, 0.2) is 5.78 Å². The van der Waals surface area contributed by atoms with Crippen LogP contribution in [0, 0.1) is 5.41 Å². The van der Waals surface area contributed by atoms with Crippen LogP contribution in [0.4, 0.5) is 0 Å². The second-order valence-corrected chi connectivity index (χ2v) is 7.99. The van der Waals surface area contributed by atoms with Crippen molar-refractivity contribution in [1.29, 1.82) is 0 Å². The molecule has 0 amide bonds. The van der Waals surface area contributed by atoms with Gasteiger partial charge in [-0.05, 0) is 35.9 Å². The molecule has 1 atom stereocenters. The number of ketones is 1. The molecule has 144 valence electrons. The maximum Gasteiger partial charge on any atom is 0.169 e. The van der Waals surface area contributed by atoms with Crippen LogP contribution in [0.3, 0.4) is 0 Å². The topological polar surface area (TPSA) is 59.4 Å². The Bertz CT molecular complexity index is 963. The van der Waals surface area contributed by atoms with Crippen molar-refractivity contribution in [2.45, 2.75) is 26.9 Å². The summed E-state index contributed by atoms with van der Waals surface area (Å²) in [5.41, 5.74) is 1.44. The van der Waals surface area contributed by atoms with Gasteiger partial charge in [0, 0.05) is 35.0 Å². The molecule has 0 fully saturated rings. The Kier molecular flexibility index (Phi) is 5.82. The highest BCUT2D eigenvalue weighted by Crippen LogP contribution is 2.31. The molecule has 3 rings (SSSR count). The zero-order valence-corrected chi connectivity index (χ0v) is 16.8. The number of aliphatic hydroxyl groups is 1. The van der Waals surface area contributed by atoms with Crippen LogP contribution in [-0.2, 0) is 0 Å². The van der Waals surface area contributed by atoms with Crippen molar-refractivity contribution >= 4 is 17.4 Å². The third-order valence-corrected chi connectivity index (χ3v) is 4.61. The van der Waals surface area contributed by atoms with Gasteiger partial charge in [0.25, 0.3) is 0 Å². The molecule has 4 nitrogen and oxygen atoms in total. The highest BCUT2D eigenvalue weighted by Gasteiger charge is 2.25. The molecular formula is C23H22ClNO3. The standard InChI is InChI=1S/C23H22ClNO3/c1-23(2,3)22(27)19-11-10-18(13-20(19)24)28-17-8-6-15(7-9-17)21(26)16-5-4-12-25-14-16/h4-14,21,26H,1-3H3. The number of hydrogen-bond donors (Lipinski definition) is 1. The Morgan fingerprint density at radius 3 is 2.29 bits per heavy atom. The van der Waals surface area contributed by atoms with Crippen molar-refractivity contribution in [2.24, 2.45) is 5.41 Å². The second-order valence-electron chi connectivity index (χ2n) is 7.58. The molecule has 5 heteroatoms. The van der Waals surface area contributed by atoms with Gasteiger partial charge in [0.1, 0.15) is 17.6 Å². The zero-order chi connectivity index (χ0) is 20.3. The summed E-state index contributed by atoms with van der Waals surface area (Å²) < 4.78 is 5.83. The first-order chi connectivity index (χ1) is 13.3. The lowest BCUT2D eigenvalue weighted by atomic mass is 9.86. The molecule has 1 N–H and O–H groups in total. The summed E-state index contributed by atoms with van der Waals surface area (Å²) in [4.78, 5) is 16.4. The Morgan fingerprint density at radius 1 is 1.04 bits per heavy atom. The van der Waals surface area contributed by atoms with Gasteiger partial charge >= 0.3 is 0 Å². The molecule has 28 heavy (non-hydrogen) atoms. The van der Waals surface area contributed by atoms with Crippen molar-refractivity contribution in [3.8, 4) is 11.5 Å². The van der Waals surface area contributed by atoms with E-state index in [2.05, 4.69) is 4.98 Å². The molecule has 0 saturated heterocycles. The maximum absolute atomic E-state index is 12.4. The monoisotopic (exact) mass is 395 g/mol. The van der Waals surface area contributed by atoms with E-state index in [0.717, 1.165) is 11.1 Å². The molecule has 1 heterocycles. The van der Waals surface area contributed by atoms with Gasteiger partial charge < -0.3 is 9.84 Å². The summed E-state index contributed by atoms with van der Waals surface area (Å²) in [6.45, 7) is 5.58. The number of nitrogens with zero attached hydrogens (tertiary/aromatic N) is 1. The predicted octanol–water partition coefficient (Wildman–Crippen LogP) is 5.84. The number of rotatable bonds is 5. The lowest BCUT2D eigenvalue weighted by molar-refractivity contribution is 0.0858. The average molecular weight is 396 g/mol. The number of carbonyl (C=O) groups excluding carboxylic acids is 1. The van der Waals surface area contributed by atoms with Crippen LogP contribution in [0.1, 0.15) is 48.4 Å². The van der Waals surface area contributed by atoms with Crippen molar-refractivity contribution in [2.75, 3.05) is 0 Å². The van der Waals surface area contributed by atoms with Crippen molar-refractivity contribution in [3.05, 3.63) is 88.7 Å². The van der Waals surface area contributed by atoms with E-state index in [4.69, 9.17) is 16.3 Å². The number of halogens is 1. The first kappa shape index (κ1) is 20.1. The SMILES string of the molecule is CC(C)(C)C(=O)c1ccc(Oc2ccc(C(O)c3cccnc3)cc2)cc1Cl. The van der Waals surface area contributed by atoms with E-state index >= 15 is 0 Å². The van der Waals surface area contributed by atoms with Crippen LogP contribution in [0.15, 0.2) is 67.0 Å². The maximum atomic E-state index is 12.4. The van der Waals surface area contributed by atoms with Gasteiger partial charge in [-0.1, -0.05) is 50.6 Å². The van der Waals surface area contributed by atoms with Gasteiger partial charge in [-0.2, -0.15) is 0 Å². The van der Waals surface area contributed by atoms with E-state index in [9.17, 15) is 9.90 Å². The molecule has 0 bridgehead atoms. The Balaban J connectivity index is 1.74. The highest BCUT2D eigenvalue weighted by atomic mass is 35.5. The number of hydrogen-bond acceptors (Lipinski definition) is 4. The lowest BCUT2D eigenvalue weighted by Crippen LogP contribution is -2.20. The van der Waals surface area contributed by atoms with E-state index in [1.54, 1.807) is 60.9 Å². The Labute approximate surface area is 169 Å². The molecule has 1 aromatic heterocycles. The van der Waals surface area contributed by atoms with E-state index in [1.165, 1.54) is 0 Å². The van der Waals surface area contributed by atoms with Gasteiger partial charge in [-0.15, -0.1) is 0 Å². The second kappa shape index (κ2) is 8.13. The fourth-order valence-electron chi connectivity index (χ4n) is 2.73. The molecule has 0 spiro atoms. The van der Waals surface area contributed by atoms with Crippen LogP contribution in [-0.4, -0.2) is 15.9 Å². The van der Waals surface area contributed by atoms with Crippen molar-refractivity contribution in [3.63, 3.8) is 0 Å². The van der Waals surface area contributed by atoms with E-state index in [1.807, 2.05) is 26.8 Å².